The number of allylic oxidation sites excluding steroid dienone is 1. The van der Waals surface area contributed by atoms with Crippen molar-refractivity contribution in [2.75, 3.05) is 17.3 Å². The van der Waals surface area contributed by atoms with E-state index in [1.807, 2.05) is 7.05 Å². The third kappa shape index (κ3) is 5.03. The Balaban J connectivity index is 1.32. The lowest BCUT2D eigenvalue weighted by atomic mass is 9.82. The van der Waals surface area contributed by atoms with E-state index in [9.17, 15) is 0 Å². The number of nitrogens with zero attached hydrogens (tertiary/aromatic N) is 1. The van der Waals surface area contributed by atoms with E-state index >= 15 is 0 Å². The first kappa shape index (κ1) is 28.4. The number of rotatable bonds is 7. The van der Waals surface area contributed by atoms with E-state index in [1.54, 1.807) is 0 Å². The van der Waals surface area contributed by atoms with Crippen LogP contribution in [-0.4, -0.2) is 7.05 Å². The first-order valence-corrected chi connectivity index (χ1v) is 15.6. The lowest BCUT2D eigenvalue weighted by Gasteiger charge is -2.28. The molecule has 0 fully saturated rings. The number of hydrogen-bond acceptors (Lipinski definition) is 2. The van der Waals surface area contributed by atoms with Crippen molar-refractivity contribution in [3.8, 4) is 33.4 Å². The molecule has 1 N–H and O–H groups in total. The molecule has 6 aromatic rings. The average molecular weight is 583 g/mol. The topological polar surface area (TPSA) is 15.3 Å². The van der Waals surface area contributed by atoms with Gasteiger partial charge in [-0.25, -0.2) is 0 Å². The fourth-order valence-electron chi connectivity index (χ4n) is 6.81. The van der Waals surface area contributed by atoms with E-state index < -0.39 is 0 Å². The lowest BCUT2D eigenvalue weighted by molar-refractivity contribution is 0.660. The summed E-state index contributed by atoms with van der Waals surface area (Å²) in [6.07, 6.45) is 0. The minimum atomic E-state index is -0.0743. The van der Waals surface area contributed by atoms with E-state index in [1.165, 1.54) is 44.5 Å². The molecule has 2 nitrogen and oxygen atoms in total. The molecule has 45 heavy (non-hydrogen) atoms. The zero-order chi connectivity index (χ0) is 31.1. The largest absolute Gasteiger partial charge is 0.388 e. The minimum absolute atomic E-state index is 0.0743. The van der Waals surface area contributed by atoms with Crippen molar-refractivity contribution in [2.45, 2.75) is 26.2 Å². The second kappa shape index (κ2) is 11.3. The maximum absolute atomic E-state index is 4.20. The fourth-order valence-corrected chi connectivity index (χ4v) is 6.81. The summed E-state index contributed by atoms with van der Waals surface area (Å²) >= 11 is 0. The third-order valence-electron chi connectivity index (χ3n) is 9.27. The van der Waals surface area contributed by atoms with Gasteiger partial charge in [-0.05, 0) is 106 Å². The van der Waals surface area contributed by atoms with E-state index in [0.717, 1.165) is 33.9 Å². The molecule has 220 valence electrons. The van der Waals surface area contributed by atoms with Gasteiger partial charge in [0.05, 0.1) is 0 Å². The zero-order valence-corrected chi connectivity index (χ0v) is 26.4. The van der Waals surface area contributed by atoms with Crippen molar-refractivity contribution >= 4 is 28.3 Å². The highest BCUT2D eigenvalue weighted by Gasteiger charge is 2.35. The summed E-state index contributed by atoms with van der Waals surface area (Å²) in [5.74, 6) is 0. The second-order valence-corrected chi connectivity index (χ2v) is 12.5. The van der Waals surface area contributed by atoms with Crippen LogP contribution in [0, 0.1) is 0 Å². The van der Waals surface area contributed by atoms with Gasteiger partial charge in [-0.15, -0.1) is 0 Å². The first-order valence-electron chi connectivity index (χ1n) is 15.6. The van der Waals surface area contributed by atoms with Crippen LogP contribution in [0.2, 0.25) is 0 Å². The Kier molecular flexibility index (Phi) is 7.14. The van der Waals surface area contributed by atoms with E-state index in [2.05, 4.69) is 177 Å². The summed E-state index contributed by atoms with van der Waals surface area (Å²) < 4.78 is 0. The Morgan fingerprint density at radius 2 is 1.09 bits per heavy atom. The van der Waals surface area contributed by atoms with Gasteiger partial charge in [0.1, 0.15) is 0 Å². The molecule has 0 amide bonds. The van der Waals surface area contributed by atoms with Gasteiger partial charge in [0.15, 0.2) is 0 Å². The lowest BCUT2D eigenvalue weighted by Crippen LogP contribution is -2.16. The molecule has 7 rings (SSSR count). The smallest absolute Gasteiger partial charge is 0.0465 e. The molecule has 0 aliphatic heterocycles. The second-order valence-electron chi connectivity index (χ2n) is 12.5. The normalized spacial score (nSPS) is 12.7. The van der Waals surface area contributed by atoms with Crippen LogP contribution < -0.4 is 10.2 Å². The number of fused-ring (bicyclic) bond motifs is 3. The highest BCUT2D eigenvalue weighted by molar-refractivity contribution is 5.87. The van der Waals surface area contributed by atoms with Crippen molar-refractivity contribution < 1.29 is 0 Å². The predicted molar refractivity (Wildman–Crippen MR) is 194 cm³/mol. The number of benzene rings is 6. The first-order chi connectivity index (χ1) is 21.8. The highest BCUT2D eigenvalue weighted by Crippen LogP contribution is 2.50. The Labute approximate surface area is 267 Å². The van der Waals surface area contributed by atoms with Gasteiger partial charge in [0.25, 0.3) is 0 Å². The molecular formula is C43H38N2. The fraction of sp³-hybridized carbons (Fsp3) is 0.116. The zero-order valence-electron chi connectivity index (χ0n) is 26.4. The van der Waals surface area contributed by atoms with Crippen LogP contribution >= 0.6 is 0 Å². The standard InChI is InChI=1S/C43H38N2/c1-29(2)39-27-33(19-26-42(39)44-5)32-17-22-35(23-18-32)45(34-20-15-31(16-21-34)30-11-7-6-8-12-30)36-24-25-38-37-13-9-10-14-40(37)43(3,4)41(38)28-36/h6-28,44H,1H2,2-5H3. The van der Waals surface area contributed by atoms with Gasteiger partial charge in [-0.1, -0.05) is 111 Å². The van der Waals surface area contributed by atoms with Crippen LogP contribution in [0.4, 0.5) is 22.7 Å². The number of anilines is 4. The summed E-state index contributed by atoms with van der Waals surface area (Å²) in [5, 5.41) is 3.29. The number of nitrogens with one attached hydrogen (secondary N) is 1. The van der Waals surface area contributed by atoms with Gasteiger partial charge in [0, 0.05) is 40.8 Å². The molecule has 0 atom stereocenters. The molecule has 0 bridgehead atoms. The SMILES string of the molecule is C=C(C)c1cc(-c2ccc(N(c3ccc(-c4ccccc4)cc3)c3ccc4c(c3)C(C)(C)c3ccccc3-4)cc2)ccc1NC. The van der Waals surface area contributed by atoms with Crippen LogP contribution in [0.1, 0.15) is 37.5 Å². The molecular weight excluding hydrogens is 544 g/mol. The van der Waals surface area contributed by atoms with Crippen molar-refractivity contribution in [1.29, 1.82) is 0 Å². The molecule has 6 aromatic carbocycles. The van der Waals surface area contributed by atoms with Gasteiger partial charge in [-0.2, -0.15) is 0 Å². The quantitative estimate of drug-likeness (QED) is 0.201. The van der Waals surface area contributed by atoms with Crippen LogP contribution in [0.5, 0.6) is 0 Å². The van der Waals surface area contributed by atoms with E-state index in [-0.39, 0.29) is 5.41 Å². The molecule has 1 aliphatic carbocycles. The van der Waals surface area contributed by atoms with E-state index in [4.69, 9.17) is 0 Å². The molecule has 0 aromatic heterocycles. The Morgan fingerprint density at radius 1 is 0.556 bits per heavy atom. The Bertz CT molecular complexity index is 2020. The Hall–Kier alpha value is -5.34. The van der Waals surface area contributed by atoms with Crippen LogP contribution in [0.25, 0.3) is 39.0 Å². The molecule has 0 unspecified atom stereocenters. The van der Waals surface area contributed by atoms with Gasteiger partial charge in [-0.3, -0.25) is 0 Å². The van der Waals surface area contributed by atoms with Crippen molar-refractivity contribution in [2.24, 2.45) is 0 Å². The monoisotopic (exact) mass is 582 g/mol. The van der Waals surface area contributed by atoms with Crippen molar-refractivity contribution in [3.05, 3.63) is 163 Å². The average Bonchev–Trinajstić information content (AvgIpc) is 3.31. The number of hydrogen-bond donors (Lipinski definition) is 1. The molecule has 2 heteroatoms. The molecule has 0 radical (unpaired) electrons. The summed E-state index contributed by atoms with van der Waals surface area (Å²) in [5.41, 5.74) is 16.8. The summed E-state index contributed by atoms with van der Waals surface area (Å²) in [7, 11) is 1.95. The molecule has 0 spiro atoms. The van der Waals surface area contributed by atoms with Crippen LogP contribution in [0.3, 0.4) is 0 Å². The maximum atomic E-state index is 4.20. The van der Waals surface area contributed by atoms with Crippen LogP contribution in [0.15, 0.2) is 146 Å². The Morgan fingerprint density at radius 3 is 1.73 bits per heavy atom. The van der Waals surface area contributed by atoms with E-state index in [0.29, 0.717) is 0 Å². The van der Waals surface area contributed by atoms with Gasteiger partial charge in [0.2, 0.25) is 0 Å². The van der Waals surface area contributed by atoms with Crippen molar-refractivity contribution in [3.63, 3.8) is 0 Å². The van der Waals surface area contributed by atoms with Crippen LogP contribution in [-0.2, 0) is 5.41 Å². The summed E-state index contributed by atoms with van der Waals surface area (Å²) in [6.45, 7) is 10.9. The van der Waals surface area contributed by atoms with Crippen molar-refractivity contribution in [1.82, 2.24) is 0 Å². The predicted octanol–water partition coefficient (Wildman–Crippen LogP) is 11.9. The molecule has 0 saturated heterocycles. The molecule has 1 aliphatic rings. The highest BCUT2D eigenvalue weighted by atomic mass is 15.1. The summed E-state index contributed by atoms with van der Waals surface area (Å²) in [6, 6.07) is 50.7. The van der Waals surface area contributed by atoms with Gasteiger partial charge < -0.3 is 10.2 Å². The maximum Gasteiger partial charge on any atom is 0.0465 e. The molecule has 0 heterocycles. The minimum Gasteiger partial charge on any atom is -0.388 e. The third-order valence-corrected chi connectivity index (χ3v) is 9.27. The van der Waals surface area contributed by atoms with Gasteiger partial charge >= 0.3 is 0 Å². The molecule has 0 saturated carbocycles. The summed E-state index contributed by atoms with van der Waals surface area (Å²) in [4.78, 5) is 2.38.